The van der Waals surface area contributed by atoms with Gasteiger partial charge >= 0.3 is 12.1 Å². The number of carbonyl (C=O) groups is 3. The number of alkyl halides is 3. The Kier molecular flexibility index (Phi) is 8.55. The summed E-state index contributed by atoms with van der Waals surface area (Å²) in [6, 6.07) is 4.83. The van der Waals surface area contributed by atoms with E-state index in [1.54, 1.807) is 23.5 Å². The first kappa shape index (κ1) is 27.4. The molecule has 36 heavy (non-hydrogen) atoms. The Morgan fingerprint density at radius 3 is 2.50 bits per heavy atom. The molecule has 2 aromatic rings. The fraction of sp³-hybridized carbons (Fsp3) is 0.417. The number of hydrogen-bond acceptors (Lipinski definition) is 4. The maximum absolute atomic E-state index is 14.1. The zero-order chi connectivity index (χ0) is 26.6. The number of halogens is 5. The van der Waals surface area contributed by atoms with Gasteiger partial charge in [0.05, 0.1) is 11.6 Å². The molecule has 7 nitrogen and oxygen atoms in total. The van der Waals surface area contributed by atoms with Crippen LogP contribution in [-0.2, 0) is 9.59 Å². The minimum atomic E-state index is -5.16. The first-order chi connectivity index (χ1) is 16.9. The molecule has 1 aliphatic rings. The number of hydrogen-bond donors (Lipinski definition) is 2. The molecule has 1 fully saturated rings. The lowest BCUT2D eigenvalue weighted by molar-refractivity contribution is -0.175. The van der Waals surface area contributed by atoms with Gasteiger partial charge in [-0.3, -0.25) is 19.4 Å². The van der Waals surface area contributed by atoms with Crippen LogP contribution in [0.3, 0.4) is 0 Å². The Hall–Kier alpha value is -3.21. The van der Waals surface area contributed by atoms with Crippen LogP contribution >= 0.6 is 11.6 Å². The molecule has 0 bridgehead atoms. The lowest BCUT2D eigenvalue weighted by Gasteiger charge is -2.40. The van der Waals surface area contributed by atoms with Crippen molar-refractivity contribution in [3.63, 3.8) is 0 Å². The minimum Gasteiger partial charge on any atom is -0.349 e. The third-order valence-corrected chi connectivity index (χ3v) is 6.16. The molecule has 3 amide bonds. The van der Waals surface area contributed by atoms with Gasteiger partial charge in [0.15, 0.2) is 0 Å². The number of carbonyl (C=O) groups excluding carboxylic acids is 3. The normalized spacial score (nSPS) is 19.1. The van der Waals surface area contributed by atoms with Gasteiger partial charge in [-0.25, -0.2) is 4.39 Å². The number of nitrogens with one attached hydrogen (secondary N) is 2. The van der Waals surface area contributed by atoms with E-state index in [-0.39, 0.29) is 24.0 Å². The number of amides is 3. The van der Waals surface area contributed by atoms with Gasteiger partial charge in [0.25, 0.3) is 5.91 Å². The molecule has 1 aromatic carbocycles. The van der Waals surface area contributed by atoms with Crippen molar-refractivity contribution < 1.29 is 31.9 Å². The summed E-state index contributed by atoms with van der Waals surface area (Å²) >= 11 is 6.02. The van der Waals surface area contributed by atoms with Crippen LogP contribution in [-0.4, -0.2) is 59.0 Å². The number of aromatic nitrogens is 1. The molecule has 0 radical (unpaired) electrons. The van der Waals surface area contributed by atoms with Gasteiger partial charge in [-0.1, -0.05) is 25.4 Å². The quantitative estimate of drug-likeness (QED) is 0.560. The Balaban J connectivity index is 1.88. The molecule has 2 N–H and O–H groups in total. The summed E-state index contributed by atoms with van der Waals surface area (Å²) in [4.78, 5) is 43.0. The average molecular weight is 529 g/mol. The third kappa shape index (κ3) is 6.71. The topological polar surface area (TPSA) is 91.4 Å². The van der Waals surface area contributed by atoms with Gasteiger partial charge in [0, 0.05) is 36.4 Å². The van der Waals surface area contributed by atoms with Gasteiger partial charge < -0.3 is 15.5 Å². The lowest BCUT2D eigenvalue weighted by atomic mass is 9.84. The van der Waals surface area contributed by atoms with Crippen LogP contribution in [0.1, 0.15) is 42.1 Å². The summed E-state index contributed by atoms with van der Waals surface area (Å²) in [7, 11) is 0. The average Bonchev–Trinajstić information content (AvgIpc) is 2.80. The zero-order valence-corrected chi connectivity index (χ0v) is 20.2. The molecule has 12 heteroatoms. The minimum absolute atomic E-state index is 0.00367. The van der Waals surface area contributed by atoms with Crippen molar-refractivity contribution in [3.8, 4) is 0 Å². The van der Waals surface area contributed by atoms with Gasteiger partial charge in [-0.2, -0.15) is 13.2 Å². The fourth-order valence-corrected chi connectivity index (χ4v) is 4.40. The maximum atomic E-state index is 14.1. The molecule has 3 rings (SSSR count). The van der Waals surface area contributed by atoms with Crippen molar-refractivity contribution in [2.75, 3.05) is 13.1 Å². The van der Waals surface area contributed by atoms with E-state index >= 15 is 0 Å². The number of pyridine rings is 1. The predicted molar refractivity (Wildman–Crippen MR) is 124 cm³/mol. The van der Waals surface area contributed by atoms with Crippen molar-refractivity contribution in [3.05, 3.63) is 64.7 Å². The highest BCUT2D eigenvalue weighted by molar-refractivity contribution is 6.30. The Morgan fingerprint density at radius 1 is 1.19 bits per heavy atom. The van der Waals surface area contributed by atoms with E-state index < -0.39 is 47.7 Å². The molecule has 1 aromatic heterocycles. The van der Waals surface area contributed by atoms with Gasteiger partial charge in [-0.15, -0.1) is 0 Å². The highest BCUT2D eigenvalue weighted by atomic mass is 35.5. The lowest BCUT2D eigenvalue weighted by Crippen LogP contribution is -2.59. The number of nitrogens with zero attached hydrogens (tertiary/aromatic N) is 2. The summed E-state index contributed by atoms with van der Waals surface area (Å²) in [6.45, 7) is 3.25. The molecule has 194 valence electrons. The van der Waals surface area contributed by atoms with Crippen LogP contribution in [0.5, 0.6) is 0 Å². The summed E-state index contributed by atoms with van der Waals surface area (Å²) in [5.74, 6) is -5.18. The summed E-state index contributed by atoms with van der Waals surface area (Å²) in [6.07, 6.45) is -1.93. The summed E-state index contributed by atoms with van der Waals surface area (Å²) in [5, 5.41) is 4.56. The van der Waals surface area contributed by atoms with Gasteiger partial charge in [0.2, 0.25) is 5.91 Å². The maximum Gasteiger partial charge on any atom is 0.471 e. The second kappa shape index (κ2) is 11.2. The number of rotatable bonds is 6. The van der Waals surface area contributed by atoms with E-state index in [1.807, 2.05) is 0 Å². The van der Waals surface area contributed by atoms with E-state index in [4.69, 9.17) is 11.6 Å². The molecule has 0 aliphatic carbocycles. The molecular formula is C24H25ClF4N4O3. The smallest absolute Gasteiger partial charge is 0.349 e. The number of likely N-dealkylation sites (tertiary alicyclic amines) is 1. The molecule has 0 spiro atoms. The molecular weight excluding hydrogens is 504 g/mol. The van der Waals surface area contributed by atoms with Crippen LogP contribution in [0.25, 0.3) is 0 Å². The first-order valence-electron chi connectivity index (χ1n) is 11.2. The van der Waals surface area contributed by atoms with E-state index in [1.165, 1.54) is 37.2 Å². The number of piperidine rings is 1. The van der Waals surface area contributed by atoms with Crippen molar-refractivity contribution >= 4 is 29.3 Å². The van der Waals surface area contributed by atoms with E-state index in [0.29, 0.717) is 17.5 Å². The summed E-state index contributed by atoms with van der Waals surface area (Å²) < 4.78 is 52.5. The standard InChI is InChI=1S/C24H25ClF4N4O3/c1-13(2)20(32-23(36)24(27,28)29)21(34)31-19-12-33(22(35)14-4-3-6-30-11-14)7-5-18(19)15-8-16(25)10-17(26)9-15/h3-4,6,8-11,13,18-20H,5,7,12H2,1-2H3,(H,31,34)(H,32,36)/t18-,19+,20+/m0/s1. The van der Waals surface area contributed by atoms with Crippen molar-refractivity contribution in [2.24, 2.45) is 5.92 Å². The van der Waals surface area contributed by atoms with Gasteiger partial charge in [0.1, 0.15) is 11.9 Å². The van der Waals surface area contributed by atoms with Crippen LogP contribution in [0.15, 0.2) is 42.7 Å². The molecule has 0 unspecified atom stereocenters. The van der Waals surface area contributed by atoms with E-state index in [0.717, 1.165) is 6.07 Å². The molecule has 3 atom stereocenters. The third-order valence-electron chi connectivity index (χ3n) is 5.94. The highest BCUT2D eigenvalue weighted by Crippen LogP contribution is 2.32. The van der Waals surface area contributed by atoms with E-state index in [9.17, 15) is 31.9 Å². The largest absolute Gasteiger partial charge is 0.471 e. The van der Waals surface area contributed by atoms with Crippen LogP contribution in [0, 0.1) is 11.7 Å². The molecule has 2 heterocycles. The number of benzene rings is 1. The predicted octanol–water partition coefficient (Wildman–Crippen LogP) is 3.69. The monoisotopic (exact) mass is 528 g/mol. The van der Waals surface area contributed by atoms with E-state index in [2.05, 4.69) is 10.3 Å². The second-order valence-electron chi connectivity index (χ2n) is 8.90. The zero-order valence-electron chi connectivity index (χ0n) is 19.5. The SMILES string of the molecule is CC(C)[C@@H](NC(=O)C(F)(F)F)C(=O)N[C@@H]1CN(C(=O)c2cccnc2)CC[C@H]1c1cc(F)cc(Cl)c1. The fourth-order valence-electron chi connectivity index (χ4n) is 4.17. The highest BCUT2D eigenvalue weighted by Gasteiger charge is 2.42. The Labute approximate surface area is 210 Å². The van der Waals surface area contributed by atoms with Crippen molar-refractivity contribution in [2.45, 2.75) is 44.4 Å². The van der Waals surface area contributed by atoms with Crippen LogP contribution in [0.4, 0.5) is 17.6 Å². The second-order valence-corrected chi connectivity index (χ2v) is 9.34. The molecule has 0 saturated carbocycles. The van der Waals surface area contributed by atoms with Crippen molar-refractivity contribution in [1.29, 1.82) is 0 Å². The summed E-state index contributed by atoms with van der Waals surface area (Å²) in [5.41, 5.74) is 0.798. The molecule has 1 saturated heterocycles. The first-order valence-corrected chi connectivity index (χ1v) is 11.6. The Bertz CT molecular complexity index is 1090. The van der Waals surface area contributed by atoms with Crippen LogP contribution < -0.4 is 10.6 Å². The van der Waals surface area contributed by atoms with Crippen LogP contribution in [0.2, 0.25) is 5.02 Å². The molecule has 1 aliphatic heterocycles. The van der Waals surface area contributed by atoms with Crippen molar-refractivity contribution in [1.82, 2.24) is 20.5 Å². The van der Waals surface area contributed by atoms with Gasteiger partial charge in [-0.05, 0) is 48.2 Å². The Morgan fingerprint density at radius 2 is 1.92 bits per heavy atom.